The maximum absolute atomic E-state index is 5.56. The van der Waals surface area contributed by atoms with Gasteiger partial charge in [-0.1, -0.05) is 44.2 Å². The molecule has 2 unspecified atom stereocenters. The number of hydrogen-bond acceptors (Lipinski definition) is 3. The van der Waals surface area contributed by atoms with Crippen molar-refractivity contribution < 1.29 is 4.74 Å². The minimum Gasteiger partial charge on any atom is -0.380 e. The number of ether oxygens (including phenoxy) is 1. The maximum Gasteiger partial charge on any atom is 0.0593 e. The van der Waals surface area contributed by atoms with Crippen LogP contribution < -0.4 is 5.32 Å². The lowest BCUT2D eigenvalue weighted by atomic mass is 9.93. The highest BCUT2D eigenvalue weighted by Crippen LogP contribution is 2.23. The van der Waals surface area contributed by atoms with Gasteiger partial charge >= 0.3 is 0 Å². The molecule has 1 saturated heterocycles. The zero-order valence-corrected chi connectivity index (χ0v) is 13.6. The van der Waals surface area contributed by atoms with Crippen LogP contribution in [0.5, 0.6) is 0 Å². The van der Waals surface area contributed by atoms with E-state index in [-0.39, 0.29) is 0 Å². The molecule has 0 aromatic heterocycles. The number of rotatable bonds is 7. The molecule has 1 aromatic carbocycles. The van der Waals surface area contributed by atoms with Crippen molar-refractivity contribution in [1.82, 2.24) is 10.2 Å². The molecule has 1 aliphatic rings. The molecule has 1 aliphatic heterocycles. The molecule has 21 heavy (non-hydrogen) atoms. The summed E-state index contributed by atoms with van der Waals surface area (Å²) in [6.45, 7) is 10.8. The summed E-state index contributed by atoms with van der Waals surface area (Å²) in [5.41, 5.74) is 1.41. The van der Waals surface area contributed by atoms with Crippen molar-refractivity contribution in [2.45, 2.75) is 32.7 Å². The maximum atomic E-state index is 5.56. The largest absolute Gasteiger partial charge is 0.380 e. The summed E-state index contributed by atoms with van der Waals surface area (Å²) in [5.74, 6) is 0.594. The second-order valence-electron chi connectivity index (χ2n) is 6.09. The van der Waals surface area contributed by atoms with Crippen LogP contribution in [0.4, 0.5) is 0 Å². The molecular weight excluding hydrogens is 260 g/mol. The molecule has 1 aromatic rings. The van der Waals surface area contributed by atoms with Crippen LogP contribution in [0.3, 0.4) is 0 Å². The first kappa shape index (κ1) is 16.5. The van der Waals surface area contributed by atoms with Gasteiger partial charge in [-0.05, 0) is 30.9 Å². The summed E-state index contributed by atoms with van der Waals surface area (Å²) in [4.78, 5) is 2.56. The molecule has 1 heterocycles. The molecule has 0 bridgehead atoms. The minimum atomic E-state index is 0.440. The Hall–Kier alpha value is -0.900. The molecule has 2 atom stereocenters. The standard InChI is InChI=1S/C18H30N2O/c1-3-10-19-18(17-8-5-4-6-9-17)16(2)15-20-11-7-13-21-14-12-20/h4-6,8-9,16,18-19H,3,7,10-15H2,1-2H3. The SMILES string of the molecule is CCCNC(c1ccccc1)C(C)CN1CCCOCC1. The minimum absolute atomic E-state index is 0.440. The molecular formula is C18H30N2O. The van der Waals surface area contributed by atoms with Crippen LogP contribution in [0.1, 0.15) is 38.3 Å². The highest BCUT2D eigenvalue weighted by atomic mass is 16.5. The van der Waals surface area contributed by atoms with Crippen molar-refractivity contribution in [3.8, 4) is 0 Å². The van der Waals surface area contributed by atoms with Gasteiger partial charge in [0.25, 0.3) is 0 Å². The third kappa shape index (κ3) is 5.42. The summed E-state index contributed by atoms with van der Waals surface area (Å²) >= 11 is 0. The van der Waals surface area contributed by atoms with Gasteiger partial charge in [-0.2, -0.15) is 0 Å². The van der Waals surface area contributed by atoms with E-state index in [0.717, 1.165) is 39.3 Å². The van der Waals surface area contributed by atoms with Crippen molar-refractivity contribution in [1.29, 1.82) is 0 Å². The van der Waals surface area contributed by atoms with Crippen LogP contribution in [0, 0.1) is 5.92 Å². The van der Waals surface area contributed by atoms with Crippen LogP contribution in [0.2, 0.25) is 0 Å². The Kier molecular flexibility index (Phi) is 7.20. The highest BCUT2D eigenvalue weighted by Gasteiger charge is 2.21. The fraction of sp³-hybridized carbons (Fsp3) is 0.667. The van der Waals surface area contributed by atoms with Gasteiger partial charge in [-0.15, -0.1) is 0 Å². The summed E-state index contributed by atoms with van der Waals surface area (Å²) in [6.07, 6.45) is 2.33. The Labute approximate surface area is 129 Å². The lowest BCUT2D eigenvalue weighted by molar-refractivity contribution is 0.136. The predicted octanol–water partition coefficient (Wildman–Crippen LogP) is 3.09. The first-order chi connectivity index (χ1) is 10.3. The normalized spacial score (nSPS) is 19.9. The second kappa shape index (κ2) is 9.19. The number of benzene rings is 1. The molecule has 0 saturated carbocycles. The number of nitrogens with zero attached hydrogens (tertiary/aromatic N) is 1. The van der Waals surface area contributed by atoms with Gasteiger partial charge in [-0.25, -0.2) is 0 Å². The van der Waals surface area contributed by atoms with Crippen molar-refractivity contribution >= 4 is 0 Å². The van der Waals surface area contributed by atoms with Crippen molar-refractivity contribution in [2.24, 2.45) is 5.92 Å². The molecule has 3 heteroatoms. The summed E-state index contributed by atoms with van der Waals surface area (Å²) in [6, 6.07) is 11.3. The average Bonchev–Trinajstić information content (AvgIpc) is 2.77. The molecule has 1 N–H and O–H groups in total. The van der Waals surface area contributed by atoms with Gasteiger partial charge in [0, 0.05) is 32.3 Å². The Bertz CT molecular complexity index is 374. The first-order valence-electron chi connectivity index (χ1n) is 8.39. The third-order valence-electron chi connectivity index (χ3n) is 4.20. The lowest BCUT2D eigenvalue weighted by Crippen LogP contribution is -2.37. The van der Waals surface area contributed by atoms with Gasteiger partial charge in [0.1, 0.15) is 0 Å². The van der Waals surface area contributed by atoms with Crippen molar-refractivity contribution in [2.75, 3.05) is 39.4 Å². The van der Waals surface area contributed by atoms with Crippen LogP contribution in [-0.4, -0.2) is 44.3 Å². The predicted molar refractivity (Wildman–Crippen MR) is 88.5 cm³/mol. The summed E-state index contributed by atoms with van der Waals surface area (Å²) in [7, 11) is 0. The summed E-state index contributed by atoms with van der Waals surface area (Å²) in [5, 5.41) is 3.73. The van der Waals surface area contributed by atoms with Gasteiger partial charge in [0.2, 0.25) is 0 Å². The van der Waals surface area contributed by atoms with E-state index in [1.807, 2.05) is 0 Å². The number of nitrogens with one attached hydrogen (secondary N) is 1. The monoisotopic (exact) mass is 290 g/mol. The highest BCUT2D eigenvalue weighted by molar-refractivity contribution is 5.19. The molecule has 0 aliphatic carbocycles. The smallest absolute Gasteiger partial charge is 0.0593 e. The van der Waals surface area contributed by atoms with Gasteiger partial charge in [0.15, 0.2) is 0 Å². The van der Waals surface area contributed by atoms with Gasteiger partial charge < -0.3 is 15.0 Å². The Morgan fingerprint density at radius 1 is 1.19 bits per heavy atom. The van der Waals surface area contributed by atoms with Crippen molar-refractivity contribution in [3.05, 3.63) is 35.9 Å². The number of hydrogen-bond donors (Lipinski definition) is 1. The fourth-order valence-corrected chi connectivity index (χ4v) is 3.10. The zero-order chi connectivity index (χ0) is 14.9. The zero-order valence-electron chi connectivity index (χ0n) is 13.6. The van der Waals surface area contributed by atoms with E-state index in [0.29, 0.717) is 12.0 Å². The topological polar surface area (TPSA) is 24.5 Å². The van der Waals surface area contributed by atoms with E-state index in [2.05, 4.69) is 54.4 Å². The van der Waals surface area contributed by atoms with Gasteiger partial charge in [-0.3, -0.25) is 0 Å². The molecule has 0 spiro atoms. The van der Waals surface area contributed by atoms with E-state index in [1.165, 1.54) is 18.5 Å². The molecule has 2 rings (SSSR count). The first-order valence-corrected chi connectivity index (χ1v) is 8.39. The van der Waals surface area contributed by atoms with E-state index >= 15 is 0 Å². The molecule has 0 amide bonds. The Balaban J connectivity index is 1.97. The van der Waals surface area contributed by atoms with Crippen LogP contribution in [0.15, 0.2) is 30.3 Å². The average molecular weight is 290 g/mol. The van der Waals surface area contributed by atoms with E-state index in [1.54, 1.807) is 0 Å². The van der Waals surface area contributed by atoms with E-state index in [9.17, 15) is 0 Å². The molecule has 118 valence electrons. The fourth-order valence-electron chi connectivity index (χ4n) is 3.10. The van der Waals surface area contributed by atoms with E-state index < -0.39 is 0 Å². The Morgan fingerprint density at radius 2 is 2.00 bits per heavy atom. The van der Waals surface area contributed by atoms with Crippen molar-refractivity contribution in [3.63, 3.8) is 0 Å². The van der Waals surface area contributed by atoms with Crippen LogP contribution in [-0.2, 0) is 4.74 Å². The molecule has 0 radical (unpaired) electrons. The molecule has 1 fully saturated rings. The van der Waals surface area contributed by atoms with Crippen LogP contribution in [0.25, 0.3) is 0 Å². The lowest BCUT2D eigenvalue weighted by Gasteiger charge is -2.30. The third-order valence-corrected chi connectivity index (χ3v) is 4.20. The quantitative estimate of drug-likeness (QED) is 0.835. The second-order valence-corrected chi connectivity index (χ2v) is 6.09. The molecule has 3 nitrogen and oxygen atoms in total. The van der Waals surface area contributed by atoms with Crippen LogP contribution >= 0.6 is 0 Å². The Morgan fingerprint density at radius 3 is 2.76 bits per heavy atom. The van der Waals surface area contributed by atoms with Gasteiger partial charge in [0.05, 0.1) is 6.61 Å². The van der Waals surface area contributed by atoms with E-state index in [4.69, 9.17) is 4.74 Å². The summed E-state index contributed by atoms with van der Waals surface area (Å²) < 4.78 is 5.56.